The molecular weight excluding hydrogens is 282 g/mol. The minimum atomic E-state index is 0.0764. The average molecular weight is 297 g/mol. The molecule has 8 nitrogen and oxygen atoms in total. The molecular formula is C14H15N7O. The third-order valence-corrected chi connectivity index (χ3v) is 3.81. The molecule has 0 spiro atoms. The highest BCUT2D eigenvalue weighted by molar-refractivity contribution is 5.54. The van der Waals surface area contributed by atoms with E-state index >= 15 is 0 Å². The summed E-state index contributed by atoms with van der Waals surface area (Å²) in [7, 11) is 0. The van der Waals surface area contributed by atoms with Crippen LogP contribution < -0.4 is 0 Å². The maximum Gasteiger partial charge on any atom is 0.125 e. The Morgan fingerprint density at radius 3 is 2.64 bits per heavy atom. The minimum Gasteiger partial charge on any atom is -0.377 e. The van der Waals surface area contributed by atoms with E-state index < -0.39 is 0 Å². The summed E-state index contributed by atoms with van der Waals surface area (Å²) < 4.78 is 9.36. The number of rotatable bonds is 3. The van der Waals surface area contributed by atoms with E-state index in [-0.39, 0.29) is 12.1 Å². The van der Waals surface area contributed by atoms with Crippen LogP contribution in [0.3, 0.4) is 0 Å². The van der Waals surface area contributed by atoms with Crippen molar-refractivity contribution in [3.63, 3.8) is 0 Å². The van der Waals surface area contributed by atoms with Gasteiger partial charge in [-0.05, 0) is 13.0 Å². The number of ether oxygens (including phenoxy) is 1. The van der Waals surface area contributed by atoms with E-state index in [1.54, 1.807) is 18.6 Å². The van der Waals surface area contributed by atoms with Crippen molar-refractivity contribution in [2.24, 2.45) is 0 Å². The molecule has 0 radical (unpaired) electrons. The van der Waals surface area contributed by atoms with Gasteiger partial charge in [0.2, 0.25) is 0 Å². The van der Waals surface area contributed by atoms with Crippen molar-refractivity contribution in [1.29, 1.82) is 0 Å². The summed E-state index contributed by atoms with van der Waals surface area (Å²) in [4.78, 5) is 8.38. The van der Waals surface area contributed by atoms with Gasteiger partial charge in [-0.25, -0.2) is 14.6 Å². The van der Waals surface area contributed by atoms with E-state index in [1.165, 1.54) is 0 Å². The average Bonchev–Trinajstić information content (AvgIpc) is 3.27. The van der Waals surface area contributed by atoms with Gasteiger partial charge in [-0.2, -0.15) is 5.10 Å². The third kappa shape index (κ3) is 2.27. The van der Waals surface area contributed by atoms with E-state index in [0.717, 1.165) is 17.1 Å². The standard InChI is InChI=1S/C14H15N7O/c1-10-15-5-11(6-16-10)12-7-21(19-18-12)14-9-22-8-13(14)20-4-2-3-17-20/h2-7,13-14H,8-9H2,1H3/t13-,14+/m0/s1. The van der Waals surface area contributed by atoms with E-state index in [1.807, 2.05) is 34.7 Å². The molecule has 0 unspecified atom stereocenters. The topological polar surface area (TPSA) is 83.5 Å². The molecule has 3 aromatic rings. The predicted octanol–water partition coefficient (Wildman–Crippen LogP) is 1.05. The number of nitrogens with zero attached hydrogens (tertiary/aromatic N) is 7. The Morgan fingerprint density at radius 1 is 1.14 bits per heavy atom. The molecule has 22 heavy (non-hydrogen) atoms. The van der Waals surface area contributed by atoms with Crippen LogP contribution in [0.25, 0.3) is 11.3 Å². The van der Waals surface area contributed by atoms with Crippen LogP contribution in [-0.2, 0) is 4.74 Å². The maximum atomic E-state index is 5.60. The van der Waals surface area contributed by atoms with E-state index in [4.69, 9.17) is 4.74 Å². The largest absolute Gasteiger partial charge is 0.377 e. The highest BCUT2D eigenvalue weighted by atomic mass is 16.5. The van der Waals surface area contributed by atoms with E-state index in [2.05, 4.69) is 25.4 Å². The lowest BCUT2D eigenvalue weighted by Gasteiger charge is -2.17. The molecule has 8 heteroatoms. The molecule has 4 heterocycles. The summed E-state index contributed by atoms with van der Waals surface area (Å²) in [5, 5.41) is 12.8. The van der Waals surface area contributed by atoms with E-state index in [9.17, 15) is 0 Å². The quantitative estimate of drug-likeness (QED) is 0.718. The van der Waals surface area contributed by atoms with Crippen molar-refractivity contribution in [3.05, 3.63) is 42.9 Å². The summed E-state index contributed by atoms with van der Waals surface area (Å²) in [5.74, 6) is 0.735. The van der Waals surface area contributed by atoms with Crippen molar-refractivity contribution >= 4 is 0 Å². The second-order valence-corrected chi connectivity index (χ2v) is 5.26. The van der Waals surface area contributed by atoms with Crippen LogP contribution in [0, 0.1) is 6.92 Å². The van der Waals surface area contributed by atoms with Crippen LogP contribution in [0.4, 0.5) is 0 Å². The van der Waals surface area contributed by atoms with Crippen LogP contribution in [-0.4, -0.2) is 48.0 Å². The molecule has 0 bridgehead atoms. The molecule has 4 rings (SSSR count). The molecule has 0 aliphatic carbocycles. The zero-order valence-corrected chi connectivity index (χ0v) is 12.1. The molecule has 0 saturated carbocycles. The number of aryl methyl sites for hydroxylation is 1. The maximum absolute atomic E-state index is 5.60. The Hall–Kier alpha value is -2.61. The molecule has 0 aromatic carbocycles. The van der Waals surface area contributed by atoms with Crippen molar-refractivity contribution in [2.75, 3.05) is 13.2 Å². The smallest absolute Gasteiger partial charge is 0.125 e. The molecule has 1 saturated heterocycles. The first-order valence-corrected chi connectivity index (χ1v) is 7.09. The number of aromatic nitrogens is 7. The van der Waals surface area contributed by atoms with Gasteiger partial charge in [0.25, 0.3) is 0 Å². The van der Waals surface area contributed by atoms with Gasteiger partial charge in [-0.3, -0.25) is 4.68 Å². The van der Waals surface area contributed by atoms with Crippen molar-refractivity contribution in [2.45, 2.75) is 19.0 Å². The van der Waals surface area contributed by atoms with Gasteiger partial charge in [-0.1, -0.05) is 5.21 Å². The van der Waals surface area contributed by atoms with Gasteiger partial charge in [-0.15, -0.1) is 5.10 Å². The molecule has 1 aliphatic rings. The number of hydrogen-bond acceptors (Lipinski definition) is 6. The molecule has 0 N–H and O–H groups in total. The molecule has 0 amide bonds. The predicted molar refractivity (Wildman–Crippen MR) is 76.9 cm³/mol. The second-order valence-electron chi connectivity index (χ2n) is 5.26. The van der Waals surface area contributed by atoms with Crippen LogP contribution in [0.5, 0.6) is 0 Å². The monoisotopic (exact) mass is 297 g/mol. The minimum absolute atomic E-state index is 0.0764. The lowest BCUT2D eigenvalue weighted by atomic mass is 10.2. The zero-order chi connectivity index (χ0) is 14.9. The molecule has 1 aliphatic heterocycles. The summed E-state index contributed by atoms with van der Waals surface area (Å²) in [5.41, 5.74) is 1.61. The van der Waals surface area contributed by atoms with Gasteiger partial charge < -0.3 is 4.74 Å². The van der Waals surface area contributed by atoms with Gasteiger partial charge in [0.05, 0.1) is 25.5 Å². The molecule has 1 fully saturated rings. The second kappa shape index (κ2) is 5.30. The third-order valence-electron chi connectivity index (χ3n) is 3.81. The summed E-state index contributed by atoms with van der Waals surface area (Å²) in [6, 6.07) is 2.11. The zero-order valence-electron chi connectivity index (χ0n) is 12.1. The van der Waals surface area contributed by atoms with Gasteiger partial charge in [0, 0.05) is 30.4 Å². The summed E-state index contributed by atoms with van der Waals surface area (Å²) in [6.07, 6.45) is 9.13. The summed E-state index contributed by atoms with van der Waals surface area (Å²) in [6.45, 7) is 3.07. The molecule has 112 valence electrons. The fraction of sp³-hybridized carbons (Fsp3) is 0.357. The van der Waals surface area contributed by atoms with Gasteiger partial charge in [0.15, 0.2) is 0 Å². The first-order valence-electron chi connectivity index (χ1n) is 7.09. The van der Waals surface area contributed by atoms with Crippen molar-refractivity contribution in [1.82, 2.24) is 34.7 Å². The van der Waals surface area contributed by atoms with Crippen molar-refractivity contribution in [3.8, 4) is 11.3 Å². The summed E-state index contributed by atoms with van der Waals surface area (Å²) >= 11 is 0. The molecule has 3 aromatic heterocycles. The molecule has 2 atom stereocenters. The van der Waals surface area contributed by atoms with Crippen LogP contribution in [0.15, 0.2) is 37.1 Å². The van der Waals surface area contributed by atoms with Crippen LogP contribution in [0.2, 0.25) is 0 Å². The van der Waals surface area contributed by atoms with Crippen LogP contribution in [0.1, 0.15) is 17.9 Å². The van der Waals surface area contributed by atoms with Gasteiger partial charge in [0.1, 0.15) is 17.6 Å². The highest BCUT2D eigenvalue weighted by Gasteiger charge is 2.32. The van der Waals surface area contributed by atoms with E-state index in [0.29, 0.717) is 13.2 Å². The van der Waals surface area contributed by atoms with Crippen LogP contribution >= 0.6 is 0 Å². The fourth-order valence-electron chi connectivity index (χ4n) is 2.61. The first-order chi connectivity index (χ1) is 10.8. The normalized spacial score (nSPS) is 21.3. The van der Waals surface area contributed by atoms with Crippen molar-refractivity contribution < 1.29 is 4.74 Å². The first kappa shape index (κ1) is 13.1. The Kier molecular flexibility index (Phi) is 3.15. The Bertz CT molecular complexity index is 750. The lowest BCUT2D eigenvalue weighted by Crippen LogP contribution is -2.22. The Morgan fingerprint density at radius 2 is 1.91 bits per heavy atom. The fourth-order valence-corrected chi connectivity index (χ4v) is 2.61. The highest BCUT2D eigenvalue weighted by Crippen LogP contribution is 2.29. The Balaban J connectivity index is 1.62. The lowest BCUT2D eigenvalue weighted by molar-refractivity contribution is 0.179. The SMILES string of the molecule is Cc1ncc(-c2cn([C@@H]3COC[C@@H]3n3cccn3)nn2)cn1. The van der Waals surface area contributed by atoms with Gasteiger partial charge >= 0.3 is 0 Å². The number of hydrogen-bond donors (Lipinski definition) is 0. The Labute approximate surface area is 126 Å².